The molecule has 0 aliphatic carbocycles. The fraction of sp³-hybridized carbons (Fsp3) is 0.286. The van der Waals surface area contributed by atoms with E-state index in [0.717, 1.165) is 18.4 Å². The van der Waals surface area contributed by atoms with Crippen LogP contribution in [0, 0.1) is 0 Å². The number of carbonyl (C=O) groups excluding carboxylic acids is 1. The third-order valence-electron chi connectivity index (χ3n) is 5.15. The number of amides is 1. The van der Waals surface area contributed by atoms with E-state index in [-0.39, 0.29) is 23.1 Å². The number of likely N-dealkylation sites (tertiary alicyclic amines) is 1. The first-order chi connectivity index (χ1) is 13.6. The molecule has 0 radical (unpaired) electrons. The molecule has 3 heterocycles. The van der Waals surface area contributed by atoms with Crippen molar-refractivity contribution in [2.24, 2.45) is 0 Å². The number of methoxy groups -OCH3 is 2. The summed E-state index contributed by atoms with van der Waals surface area (Å²) in [4.78, 5) is 32.1. The fourth-order valence-corrected chi connectivity index (χ4v) is 3.76. The van der Waals surface area contributed by atoms with Crippen LogP contribution in [0.4, 0.5) is 0 Å². The van der Waals surface area contributed by atoms with Gasteiger partial charge in [-0.2, -0.15) is 0 Å². The van der Waals surface area contributed by atoms with Gasteiger partial charge >= 0.3 is 0 Å². The van der Waals surface area contributed by atoms with Gasteiger partial charge in [0.05, 0.1) is 20.3 Å². The van der Waals surface area contributed by atoms with Crippen molar-refractivity contribution in [3.63, 3.8) is 0 Å². The maximum absolute atomic E-state index is 13.2. The minimum atomic E-state index is -0.362. The molecular weight excluding hydrogens is 358 g/mol. The van der Waals surface area contributed by atoms with E-state index < -0.39 is 0 Å². The van der Waals surface area contributed by atoms with Crippen LogP contribution < -0.4 is 15.0 Å². The highest BCUT2D eigenvalue weighted by atomic mass is 16.5. The molecule has 144 valence electrons. The van der Waals surface area contributed by atoms with E-state index in [1.807, 2.05) is 18.2 Å². The third-order valence-corrected chi connectivity index (χ3v) is 5.15. The van der Waals surface area contributed by atoms with Crippen molar-refractivity contribution in [3.05, 3.63) is 70.3 Å². The Bertz CT molecular complexity index is 1090. The Morgan fingerprint density at radius 2 is 2.04 bits per heavy atom. The zero-order valence-electron chi connectivity index (χ0n) is 15.8. The van der Waals surface area contributed by atoms with E-state index in [1.165, 1.54) is 10.6 Å². The quantitative estimate of drug-likeness (QED) is 0.697. The molecule has 1 fully saturated rings. The number of carbonyl (C=O) groups is 1. The molecule has 1 aromatic carbocycles. The predicted molar refractivity (Wildman–Crippen MR) is 104 cm³/mol. The topological polar surface area (TPSA) is 73.1 Å². The molecule has 0 N–H and O–H groups in total. The van der Waals surface area contributed by atoms with Crippen molar-refractivity contribution >= 4 is 11.6 Å². The molecule has 0 saturated carbocycles. The van der Waals surface area contributed by atoms with Crippen molar-refractivity contribution < 1.29 is 14.3 Å². The number of hydrogen-bond donors (Lipinski definition) is 0. The van der Waals surface area contributed by atoms with Crippen LogP contribution in [-0.4, -0.2) is 41.0 Å². The molecule has 0 spiro atoms. The van der Waals surface area contributed by atoms with Crippen molar-refractivity contribution in [2.75, 3.05) is 20.8 Å². The minimum Gasteiger partial charge on any atom is -0.497 e. The van der Waals surface area contributed by atoms with Crippen molar-refractivity contribution in [1.29, 1.82) is 0 Å². The summed E-state index contributed by atoms with van der Waals surface area (Å²) in [6.45, 7) is 0.570. The van der Waals surface area contributed by atoms with Crippen LogP contribution in [0.1, 0.15) is 34.8 Å². The monoisotopic (exact) mass is 379 g/mol. The number of pyridine rings is 1. The number of hydrogen-bond acceptors (Lipinski definition) is 5. The lowest BCUT2D eigenvalue weighted by atomic mass is 10.0. The van der Waals surface area contributed by atoms with Crippen molar-refractivity contribution in [1.82, 2.24) is 14.3 Å². The first kappa shape index (κ1) is 18.0. The van der Waals surface area contributed by atoms with Gasteiger partial charge < -0.3 is 14.4 Å². The summed E-state index contributed by atoms with van der Waals surface area (Å²) in [7, 11) is 3.21. The summed E-state index contributed by atoms with van der Waals surface area (Å²) in [6, 6.07) is 10.6. The van der Waals surface area contributed by atoms with Crippen LogP contribution in [0.2, 0.25) is 0 Å². The summed E-state index contributed by atoms with van der Waals surface area (Å²) in [5.74, 6) is 1.07. The zero-order valence-corrected chi connectivity index (χ0v) is 15.8. The second-order valence-electron chi connectivity index (χ2n) is 6.67. The summed E-state index contributed by atoms with van der Waals surface area (Å²) >= 11 is 0. The van der Waals surface area contributed by atoms with Gasteiger partial charge in [-0.15, -0.1) is 0 Å². The molecule has 7 nitrogen and oxygen atoms in total. The first-order valence-electron chi connectivity index (χ1n) is 9.13. The van der Waals surface area contributed by atoms with Gasteiger partial charge in [0.15, 0.2) is 0 Å². The van der Waals surface area contributed by atoms with Gasteiger partial charge in [0.2, 0.25) is 0 Å². The number of fused-ring (bicyclic) bond motifs is 1. The molecule has 2 aromatic heterocycles. The fourth-order valence-electron chi connectivity index (χ4n) is 3.76. The van der Waals surface area contributed by atoms with E-state index in [1.54, 1.807) is 43.5 Å². The number of aromatic nitrogens is 2. The molecule has 7 heteroatoms. The lowest BCUT2D eigenvalue weighted by Crippen LogP contribution is -2.35. The highest BCUT2D eigenvalue weighted by molar-refractivity contribution is 5.94. The Labute approximate surface area is 162 Å². The first-order valence-corrected chi connectivity index (χ1v) is 9.13. The van der Waals surface area contributed by atoms with E-state index >= 15 is 0 Å². The standard InChI is InChI=1S/C21H21N3O4/c1-27-14-8-9-18(28-2)15(12-14)17-6-5-11-23(17)20(25)16-13-22-19-7-3-4-10-24(19)21(16)26/h3-4,7-10,12-13,17H,5-6,11H2,1-2H3. The summed E-state index contributed by atoms with van der Waals surface area (Å²) < 4.78 is 12.2. The van der Waals surface area contributed by atoms with Gasteiger partial charge in [0, 0.05) is 24.5 Å². The number of nitrogens with zero attached hydrogens (tertiary/aromatic N) is 3. The average Bonchev–Trinajstić information content (AvgIpc) is 3.23. The molecule has 1 unspecified atom stereocenters. The summed E-state index contributed by atoms with van der Waals surface area (Å²) in [6.07, 6.45) is 4.63. The predicted octanol–water partition coefficient (Wildman–Crippen LogP) is 2.69. The van der Waals surface area contributed by atoms with Gasteiger partial charge in [-0.25, -0.2) is 4.98 Å². The van der Waals surface area contributed by atoms with Gasteiger partial charge in [0.25, 0.3) is 11.5 Å². The molecule has 1 saturated heterocycles. The molecular formula is C21H21N3O4. The Morgan fingerprint density at radius 3 is 2.82 bits per heavy atom. The maximum Gasteiger partial charge on any atom is 0.270 e. The zero-order chi connectivity index (χ0) is 19.7. The number of ether oxygens (including phenoxy) is 2. The Kier molecular flexibility index (Phi) is 4.73. The third kappa shape index (κ3) is 2.98. The molecule has 1 amide bonds. The van der Waals surface area contributed by atoms with E-state index in [2.05, 4.69) is 4.98 Å². The second kappa shape index (κ2) is 7.34. The van der Waals surface area contributed by atoms with Gasteiger partial charge in [-0.05, 0) is 43.2 Å². The Morgan fingerprint density at radius 1 is 1.18 bits per heavy atom. The molecule has 28 heavy (non-hydrogen) atoms. The van der Waals surface area contributed by atoms with Crippen LogP contribution in [-0.2, 0) is 0 Å². The van der Waals surface area contributed by atoms with Crippen LogP contribution in [0.5, 0.6) is 11.5 Å². The van der Waals surface area contributed by atoms with Gasteiger partial charge in [0.1, 0.15) is 22.7 Å². The smallest absolute Gasteiger partial charge is 0.270 e. The van der Waals surface area contributed by atoms with E-state index in [4.69, 9.17) is 9.47 Å². The summed E-state index contributed by atoms with van der Waals surface area (Å²) in [5, 5.41) is 0. The highest BCUT2D eigenvalue weighted by Crippen LogP contribution is 2.39. The Hall–Kier alpha value is -3.35. The SMILES string of the molecule is COc1ccc(OC)c(C2CCCN2C(=O)c2cnc3ccccn3c2=O)c1. The second-order valence-corrected chi connectivity index (χ2v) is 6.67. The van der Waals surface area contributed by atoms with Crippen LogP contribution in [0.25, 0.3) is 5.65 Å². The lowest BCUT2D eigenvalue weighted by molar-refractivity contribution is 0.0731. The largest absolute Gasteiger partial charge is 0.497 e. The molecule has 4 rings (SSSR count). The van der Waals surface area contributed by atoms with Gasteiger partial charge in [-0.1, -0.05) is 6.07 Å². The molecule has 1 aliphatic rings. The number of benzene rings is 1. The van der Waals surface area contributed by atoms with Gasteiger partial charge in [-0.3, -0.25) is 14.0 Å². The van der Waals surface area contributed by atoms with E-state index in [9.17, 15) is 9.59 Å². The Balaban J connectivity index is 1.74. The maximum atomic E-state index is 13.2. The molecule has 3 aromatic rings. The van der Waals surface area contributed by atoms with Crippen LogP contribution in [0.3, 0.4) is 0 Å². The number of rotatable bonds is 4. The molecule has 1 atom stereocenters. The lowest BCUT2D eigenvalue weighted by Gasteiger charge is -2.26. The van der Waals surface area contributed by atoms with E-state index in [0.29, 0.717) is 23.7 Å². The van der Waals surface area contributed by atoms with Crippen molar-refractivity contribution in [3.8, 4) is 11.5 Å². The van der Waals surface area contributed by atoms with Crippen LogP contribution >= 0.6 is 0 Å². The van der Waals surface area contributed by atoms with Crippen LogP contribution in [0.15, 0.2) is 53.6 Å². The summed E-state index contributed by atoms with van der Waals surface area (Å²) in [5.41, 5.74) is 1.09. The average molecular weight is 379 g/mol. The highest BCUT2D eigenvalue weighted by Gasteiger charge is 2.34. The van der Waals surface area contributed by atoms with Crippen molar-refractivity contribution in [2.45, 2.75) is 18.9 Å². The minimum absolute atomic E-state index is 0.0671. The molecule has 1 aliphatic heterocycles. The molecule has 0 bridgehead atoms. The normalized spacial score (nSPS) is 16.4.